The number of hydrogen-bond acceptors (Lipinski definition) is 2. The van der Waals surface area contributed by atoms with Crippen molar-refractivity contribution in [2.45, 2.75) is 56.8 Å². The summed E-state index contributed by atoms with van der Waals surface area (Å²) < 4.78 is 0. The third kappa shape index (κ3) is 4.66. The summed E-state index contributed by atoms with van der Waals surface area (Å²) in [5, 5.41) is 4.71. The highest BCUT2D eigenvalue weighted by Gasteiger charge is 2.40. The summed E-state index contributed by atoms with van der Waals surface area (Å²) >= 11 is 12.0. The summed E-state index contributed by atoms with van der Waals surface area (Å²) in [6.07, 6.45) is 4.90. The highest BCUT2D eigenvalue weighted by molar-refractivity contribution is 6.30. The van der Waals surface area contributed by atoms with Crippen molar-refractivity contribution in [3.05, 3.63) is 69.7 Å². The van der Waals surface area contributed by atoms with Crippen LogP contribution in [0.15, 0.2) is 48.5 Å². The topological polar surface area (TPSA) is 32.3 Å². The number of amides is 1. The average Bonchev–Trinajstić information content (AvgIpc) is 2.86. The van der Waals surface area contributed by atoms with Crippen LogP contribution in [-0.4, -0.2) is 28.9 Å². The molecular formula is C22H24Cl2N2O. The molecule has 2 aromatic carbocycles. The lowest BCUT2D eigenvalue weighted by Gasteiger charge is -2.39. The van der Waals surface area contributed by atoms with Crippen LogP contribution >= 0.6 is 23.2 Å². The van der Waals surface area contributed by atoms with Gasteiger partial charge < -0.3 is 5.32 Å². The van der Waals surface area contributed by atoms with Crippen LogP contribution in [0.2, 0.25) is 10.0 Å². The molecule has 2 bridgehead atoms. The highest BCUT2D eigenvalue weighted by Crippen LogP contribution is 2.37. The van der Waals surface area contributed by atoms with Gasteiger partial charge in [0.1, 0.15) is 0 Å². The number of nitrogens with one attached hydrogen (secondary N) is 1. The van der Waals surface area contributed by atoms with Crippen molar-refractivity contribution in [1.29, 1.82) is 0 Å². The van der Waals surface area contributed by atoms with Gasteiger partial charge in [0.05, 0.1) is 6.42 Å². The van der Waals surface area contributed by atoms with Crippen LogP contribution in [0.1, 0.15) is 36.8 Å². The monoisotopic (exact) mass is 402 g/mol. The molecule has 2 unspecified atom stereocenters. The van der Waals surface area contributed by atoms with Gasteiger partial charge in [0, 0.05) is 34.7 Å². The van der Waals surface area contributed by atoms with Crippen molar-refractivity contribution < 1.29 is 4.79 Å². The van der Waals surface area contributed by atoms with Gasteiger partial charge in [0.15, 0.2) is 0 Å². The number of carbonyl (C=O) groups excluding carboxylic acids is 1. The van der Waals surface area contributed by atoms with Crippen molar-refractivity contribution in [3.63, 3.8) is 0 Å². The van der Waals surface area contributed by atoms with Gasteiger partial charge in [0.25, 0.3) is 0 Å². The maximum Gasteiger partial charge on any atom is 0.224 e. The van der Waals surface area contributed by atoms with Crippen LogP contribution in [0.3, 0.4) is 0 Å². The number of benzene rings is 2. The Hall–Kier alpha value is -1.55. The van der Waals surface area contributed by atoms with E-state index >= 15 is 0 Å². The van der Waals surface area contributed by atoms with E-state index in [9.17, 15) is 4.79 Å². The molecule has 1 amide bonds. The van der Waals surface area contributed by atoms with E-state index in [1.165, 1.54) is 18.4 Å². The first-order valence-electron chi connectivity index (χ1n) is 9.61. The number of carbonyl (C=O) groups is 1. The first kappa shape index (κ1) is 18.8. The van der Waals surface area contributed by atoms with Gasteiger partial charge in [-0.25, -0.2) is 0 Å². The molecule has 0 spiro atoms. The Morgan fingerprint density at radius 1 is 0.963 bits per heavy atom. The normalized spacial score (nSPS) is 24.7. The summed E-state index contributed by atoms with van der Waals surface area (Å²) in [6, 6.07) is 17.0. The van der Waals surface area contributed by atoms with E-state index in [1.807, 2.05) is 36.4 Å². The number of piperidine rings is 1. The molecule has 0 saturated carbocycles. The van der Waals surface area contributed by atoms with Crippen molar-refractivity contribution in [2.24, 2.45) is 0 Å². The second kappa shape index (κ2) is 8.22. The van der Waals surface area contributed by atoms with E-state index in [1.54, 1.807) is 0 Å². The molecule has 2 aliphatic heterocycles. The van der Waals surface area contributed by atoms with Gasteiger partial charge in [-0.2, -0.15) is 0 Å². The first-order valence-corrected chi connectivity index (χ1v) is 10.4. The summed E-state index contributed by atoms with van der Waals surface area (Å²) in [5.41, 5.74) is 2.27. The van der Waals surface area contributed by atoms with Gasteiger partial charge in [-0.1, -0.05) is 47.5 Å². The largest absolute Gasteiger partial charge is 0.353 e. The molecule has 27 heavy (non-hydrogen) atoms. The number of hydrogen-bond donors (Lipinski definition) is 1. The lowest BCUT2D eigenvalue weighted by atomic mass is 9.96. The molecule has 1 N–H and O–H groups in total. The Morgan fingerprint density at radius 2 is 1.67 bits per heavy atom. The number of fused-ring (bicyclic) bond motifs is 2. The van der Waals surface area contributed by atoms with Crippen LogP contribution in [0.5, 0.6) is 0 Å². The van der Waals surface area contributed by atoms with Gasteiger partial charge in [-0.15, -0.1) is 0 Å². The summed E-state index contributed by atoms with van der Waals surface area (Å²) in [7, 11) is 0. The molecule has 2 fully saturated rings. The zero-order valence-corrected chi connectivity index (χ0v) is 16.7. The minimum Gasteiger partial charge on any atom is -0.353 e. The fraction of sp³-hybridized carbons (Fsp3) is 0.409. The smallest absolute Gasteiger partial charge is 0.224 e. The molecule has 4 rings (SSSR count). The lowest BCUT2D eigenvalue weighted by molar-refractivity contribution is -0.121. The lowest BCUT2D eigenvalue weighted by Crippen LogP contribution is -2.50. The molecule has 0 radical (unpaired) electrons. The minimum atomic E-state index is 0.0906. The van der Waals surface area contributed by atoms with E-state index < -0.39 is 0 Å². The summed E-state index contributed by atoms with van der Waals surface area (Å²) in [6.45, 7) is 0.968. The maximum absolute atomic E-state index is 12.4. The standard InChI is InChI=1S/C22H24Cl2N2O/c23-17-6-4-15(5-7-17)14-26-20-8-9-21(26)13-19(12-20)25-22(27)11-16-2-1-3-18(24)10-16/h1-7,10,19-21H,8-9,11-14H2,(H,25,27). The number of nitrogens with zero attached hydrogens (tertiary/aromatic N) is 1. The Labute approximate surface area is 170 Å². The van der Waals surface area contributed by atoms with Crippen LogP contribution < -0.4 is 5.32 Å². The molecule has 2 saturated heterocycles. The molecule has 2 aliphatic rings. The molecular weight excluding hydrogens is 379 g/mol. The molecule has 2 heterocycles. The fourth-order valence-electron chi connectivity index (χ4n) is 4.56. The molecule has 0 aromatic heterocycles. The Kier molecular flexibility index (Phi) is 5.72. The minimum absolute atomic E-state index is 0.0906. The van der Waals surface area contributed by atoms with Crippen molar-refractivity contribution >= 4 is 29.1 Å². The van der Waals surface area contributed by atoms with Crippen LogP contribution in [0.4, 0.5) is 0 Å². The predicted octanol–water partition coefficient (Wildman–Crippen LogP) is 4.85. The Morgan fingerprint density at radius 3 is 2.33 bits per heavy atom. The van der Waals surface area contributed by atoms with E-state index in [0.717, 1.165) is 30.0 Å². The highest BCUT2D eigenvalue weighted by atomic mass is 35.5. The SMILES string of the molecule is O=C(Cc1cccc(Cl)c1)NC1CC2CCC(C1)N2Cc1ccc(Cl)cc1. The van der Waals surface area contributed by atoms with E-state index in [-0.39, 0.29) is 11.9 Å². The molecule has 142 valence electrons. The molecule has 5 heteroatoms. The zero-order chi connectivity index (χ0) is 18.8. The van der Waals surface area contributed by atoms with E-state index in [4.69, 9.17) is 23.2 Å². The molecule has 2 atom stereocenters. The molecule has 3 nitrogen and oxygen atoms in total. The van der Waals surface area contributed by atoms with Gasteiger partial charge >= 0.3 is 0 Å². The van der Waals surface area contributed by atoms with Crippen LogP contribution in [0, 0.1) is 0 Å². The van der Waals surface area contributed by atoms with Gasteiger partial charge in [-0.3, -0.25) is 9.69 Å². The Bertz CT molecular complexity index is 794. The third-order valence-electron chi connectivity index (χ3n) is 5.78. The predicted molar refractivity (Wildman–Crippen MR) is 110 cm³/mol. The average molecular weight is 403 g/mol. The van der Waals surface area contributed by atoms with Crippen LogP contribution in [0.25, 0.3) is 0 Å². The second-order valence-electron chi connectivity index (χ2n) is 7.73. The first-order chi connectivity index (χ1) is 13.1. The summed E-state index contributed by atoms with van der Waals surface area (Å²) in [4.78, 5) is 15.1. The van der Waals surface area contributed by atoms with Crippen LogP contribution in [-0.2, 0) is 17.8 Å². The quantitative estimate of drug-likeness (QED) is 0.774. The second-order valence-corrected chi connectivity index (χ2v) is 8.60. The van der Waals surface area contributed by atoms with E-state index in [2.05, 4.69) is 22.3 Å². The fourth-order valence-corrected chi connectivity index (χ4v) is 4.90. The van der Waals surface area contributed by atoms with Gasteiger partial charge in [0.2, 0.25) is 5.91 Å². The van der Waals surface area contributed by atoms with Crippen molar-refractivity contribution in [3.8, 4) is 0 Å². The molecule has 0 aliphatic carbocycles. The third-order valence-corrected chi connectivity index (χ3v) is 6.27. The Balaban J connectivity index is 1.33. The number of rotatable bonds is 5. The van der Waals surface area contributed by atoms with Crippen molar-refractivity contribution in [1.82, 2.24) is 10.2 Å². The van der Waals surface area contributed by atoms with Crippen molar-refractivity contribution in [2.75, 3.05) is 0 Å². The summed E-state index contributed by atoms with van der Waals surface area (Å²) in [5.74, 6) is 0.0906. The maximum atomic E-state index is 12.4. The van der Waals surface area contributed by atoms with Gasteiger partial charge in [-0.05, 0) is 61.1 Å². The number of halogens is 2. The zero-order valence-electron chi connectivity index (χ0n) is 15.2. The molecule has 2 aromatic rings. The van der Waals surface area contributed by atoms with E-state index in [0.29, 0.717) is 23.5 Å².